The van der Waals surface area contributed by atoms with Crippen LogP contribution in [0.1, 0.15) is 18.0 Å². The molecule has 16 heavy (non-hydrogen) atoms. The van der Waals surface area contributed by atoms with Crippen molar-refractivity contribution in [3.05, 3.63) is 34.1 Å². The van der Waals surface area contributed by atoms with Gasteiger partial charge in [-0.15, -0.1) is 0 Å². The van der Waals surface area contributed by atoms with Crippen LogP contribution in [0, 0.1) is 5.82 Å². The highest BCUT2D eigenvalue weighted by Gasteiger charge is 2.11. The number of nitrogens with two attached hydrogens (primary N) is 1. The number of sulfone groups is 1. The summed E-state index contributed by atoms with van der Waals surface area (Å²) in [5.74, 6) is -0.390. The van der Waals surface area contributed by atoms with Crippen molar-refractivity contribution in [2.75, 3.05) is 12.0 Å². The molecule has 90 valence electrons. The molecule has 0 aliphatic carbocycles. The molecular formula is C10H13BrFNO2S. The molecule has 0 radical (unpaired) electrons. The summed E-state index contributed by atoms with van der Waals surface area (Å²) in [7, 11) is -3.03. The van der Waals surface area contributed by atoms with Gasteiger partial charge >= 0.3 is 0 Å². The largest absolute Gasteiger partial charge is 0.324 e. The Morgan fingerprint density at radius 2 is 2.12 bits per heavy atom. The lowest BCUT2D eigenvalue weighted by molar-refractivity contribution is 0.589. The molecule has 1 unspecified atom stereocenters. The van der Waals surface area contributed by atoms with Gasteiger partial charge in [-0.2, -0.15) is 0 Å². The SMILES string of the molecule is CS(=O)(=O)CCC(N)c1ccc(Br)c(F)c1. The molecule has 0 fully saturated rings. The summed E-state index contributed by atoms with van der Waals surface area (Å²) in [6.45, 7) is 0. The highest BCUT2D eigenvalue weighted by molar-refractivity contribution is 9.10. The fourth-order valence-corrected chi connectivity index (χ4v) is 2.18. The second-order valence-electron chi connectivity index (χ2n) is 3.70. The van der Waals surface area contributed by atoms with Crippen LogP contribution >= 0.6 is 15.9 Å². The average Bonchev–Trinajstić information content (AvgIpc) is 2.17. The summed E-state index contributed by atoms with van der Waals surface area (Å²) < 4.78 is 35.5. The highest BCUT2D eigenvalue weighted by atomic mass is 79.9. The molecule has 0 saturated heterocycles. The Hall–Kier alpha value is -0.460. The molecule has 0 aliphatic heterocycles. The zero-order valence-electron chi connectivity index (χ0n) is 8.78. The van der Waals surface area contributed by atoms with E-state index in [0.717, 1.165) is 6.26 Å². The molecule has 0 bridgehead atoms. The van der Waals surface area contributed by atoms with Crippen LogP contribution in [0.25, 0.3) is 0 Å². The van der Waals surface area contributed by atoms with Gasteiger partial charge in [0.05, 0.1) is 10.2 Å². The molecule has 0 aliphatic rings. The predicted octanol–water partition coefficient (Wildman–Crippen LogP) is 2.02. The molecule has 0 amide bonds. The van der Waals surface area contributed by atoms with E-state index in [1.807, 2.05) is 0 Å². The highest BCUT2D eigenvalue weighted by Crippen LogP contribution is 2.21. The Labute approximate surface area is 103 Å². The number of rotatable bonds is 4. The molecule has 6 heteroatoms. The maximum Gasteiger partial charge on any atom is 0.147 e. The third-order valence-electron chi connectivity index (χ3n) is 2.17. The van der Waals surface area contributed by atoms with Crippen LogP contribution in [-0.2, 0) is 9.84 Å². The first-order chi connectivity index (χ1) is 7.29. The minimum absolute atomic E-state index is 0.00580. The number of benzene rings is 1. The van der Waals surface area contributed by atoms with E-state index in [2.05, 4.69) is 15.9 Å². The van der Waals surface area contributed by atoms with Crippen molar-refractivity contribution in [3.8, 4) is 0 Å². The molecular weight excluding hydrogens is 297 g/mol. The van der Waals surface area contributed by atoms with Gasteiger partial charge < -0.3 is 5.73 Å². The summed E-state index contributed by atoms with van der Waals surface area (Å²) in [5.41, 5.74) is 6.38. The Morgan fingerprint density at radius 3 is 2.62 bits per heavy atom. The Balaban J connectivity index is 2.73. The number of halogens is 2. The monoisotopic (exact) mass is 309 g/mol. The smallest absolute Gasteiger partial charge is 0.147 e. The van der Waals surface area contributed by atoms with E-state index in [1.165, 1.54) is 6.07 Å². The van der Waals surface area contributed by atoms with Crippen LogP contribution < -0.4 is 5.73 Å². The molecule has 1 aromatic carbocycles. The molecule has 2 N–H and O–H groups in total. The van der Waals surface area contributed by atoms with Gasteiger partial charge in [0.1, 0.15) is 15.7 Å². The summed E-state index contributed by atoms with van der Waals surface area (Å²) in [4.78, 5) is 0. The van der Waals surface area contributed by atoms with Gasteiger partial charge in [0.25, 0.3) is 0 Å². The third kappa shape index (κ3) is 4.19. The molecule has 0 saturated carbocycles. The zero-order valence-corrected chi connectivity index (χ0v) is 11.2. The Bertz CT molecular complexity index is 476. The van der Waals surface area contributed by atoms with Crippen molar-refractivity contribution in [1.29, 1.82) is 0 Å². The molecule has 0 heterocycles. The van der Waals surface area contributed by atoms with Gasteiger partial charge in [0.15, 0.2) is 0 Å². The van der Waals surface area contributed by atoms with Crippen LogP contribution in [-0.4, -0.2) is 20.4 Å². The summed E-state index contributed by atoms with van der Waals surface area (Å²) >= 11 is 3.04. The van der Waals surface area contributed by atoms with Gasteiger partial charge in [-0.1, -0.05) is 6.07 Å². The normalized spacial score (nSPS) is 13.8. The predicted molar refractivity (Wildman–Crippen MR) is 65.4 cm³/mol. The summed E-state index contributed by atoms with van der Waals surface area (Å²) in [6.07, 6.45) is 1.45. The van der Waals surface area contributed by atoms with Gasteiger partial charge in [-0.05, 0) is 40.0 Å². The third-order valence-corrected chi connectivity index (χ3v) is 3.79. The number of hydrogen-bond acceptors (Lipinski definition) is 3. The fraction of sp³-hybridized carbons (Fsp3) is 0.400. The first kappa shape index (κ1) is 13.6. The molecule has 1 atom stereocenters. The lowest BCUT2D eigenvalue weighted by Gasteiger charge is -2.11. The lowest BCUT2D eigenvalue weighted by atomic mass is 10.1. The van der Waals surface area contributed by atoms with Crippen molar-refractivity contribution in [2.24, 2.45) is 5.73 Å². The van der Waals surface area contributed by atoms with E-state index in [9.17, 15) is 12.8 Å². The van der Waals surface area contributed by atoms with E-state index in [0.29, 0.717) is 16.5 Å². The second-order valence-corrected chi connectivity index (χ2v) is 6.81. The summed E-state index contributed by atoms with van der Waals surface area (Å²) in [6, 6.07) is 4.10. The quantitative estimate of drug-likeness (QED) is 0.925. The van der Waals surface area contributed by atoms with Crippen molar-refractivity contribution in [2.45, 2.75) is 12.5 Å². The lowest BCUT2D eigenvalue weighted by Crippen LogP contribution is -2.15. The van der Waals surface area contributed by atoms with Gasteiger partial charge in [0, 0.05) is 12.3 Å². The van der Waals surface area contributed by atoms with Crippen LogP contribution in [0.15, 0.2) is 22.7 Å². The topological polar surface area (TPSA) is 60.2 Å². The molecule has 1 rings (SSSR count). The van der Waals surface area contributed by atoms with Gasteiger partial charge in [-0.3, -0.25) is 0 Å². The van der Waals surface area contributed by atoms with Crippen molar-refractivity contribution < 1.29 is 12.8 Å². The van der Waals surface area contributed by atoms with Crippen LogP contribution in [0.4, 0.5) is 4.39 Å². The van der Waals surface area contributed by atoms with Crippen molar-refractivity contribution in [3.63, 3.8) is 0 Å². The van der Waals surface area contributed by atoms with Crippen molar-refractivity contribution >= 4 is 25.8 Å². The van der Waals surface area contributed by atoms with Gasteiger partial charge in [-0.25, -0.2) is 12.8 Å². The molecule has 1 aromatic rings. The first-order valence-electron chi connectivity index (χ1n) is 4.68. The van der Waals surface area contributed by atoms with Crippen LogP contribution in [0.5, 0.6) is 0 Å². The summed E-state index contributed by atoms with van der Waals surface area (Å²) in [5, 5.41) is 0. The van der Waals surface area contributed by atoms with Gasteiger partial charge in [0.2, 0.25) is 0 Å². The minimum atomic E-state index is -3.03. The van der Waals surface area contributed by atoms with Crippen LogP contribution in [0.3, 0.4) is 0 Å². The van der Waals surface area contributed by atoms with E-state index >= 15 is 0 Å². The zero-order chi connectivity index (χ0) is 12.3. The first-order valence-corrected chi connectivity index (χ1v) is 7.53. The van der Waals surface area contributed by atoms with E-state index < -0.39 is 21.7 Å². The Morgan fingerprint density at radius 1 is 1.50 bits per heavy atom. The fourth-order valence-electron chi connectivity index (χ4n) is 1.25. The van der Waals surface area contributed by atoms with Crippen molar-refractivity contribution in [1.82, 2.24) is 0 Å². The molecule has 0 spiro atoms. The Kier molecular flexibility index (Phi) is 4.46. The van der Waals surface area contributed by atoms with E-state index in [4.69, 9.17) is 5.73 Å². The maximum absolute atomic E-state index is 13.2. The second kappa shape index (κ2) is 5.25. The molecule has 0 aromatic heterocycles. The average molecular weight is 310 g/mol. The molecule has 3 nitrogen and oxygen atoms in total. The van der Waals surface area contributed by atoms with E-state index in [-0.39, 0.29) is 5.75 Å². The number of hydrogen-bond donors (Lipinski definition) is 1. The standard InChI is InChI=1S/C10H13BrFNO2S/c1-16(14,15)5-4-10(13)7-2-3-8(11)9(12)6-7/h2-3,6,10H,4-5,13H2,1H3. The minimum Gasteiger partial charge on any atom is -0.324 e. The van der Waals surface area contributed by atoms with E-state index in [1.54, 1.807) is 12.1 Å². The van der Waals surface area contributed by atoms with Crippen LogP contribution in [0.2, 0.25) is 0 Å². The maximum atomic E-state index is 13.2.